The molecule has 1 amide bonds. The normalized spacial score (nSPS) is 32.8. The Balaban J connectivity index is 1.94. The number of rotatable bonds is 1. The van der Waals surface area contributed by atoms with E-state index in [0.29, 0.717) is 17.2 Å². The fourth-order valence-corrected chi connectivity index (χ4v) is 3.76. The van der Waals surface area contributed by atoms with Gasteiger partial charge in [-0.25, -0.2) is 0 Å². The first-order valence-corrected chi connectivity index (χ1v) is 8.42. The third-order valence-electron chi connectivity index (χ3n) is 5.30. The summed E-state index contributed by atoms with van der Waals surface area (Å²) in [4.78, 5) is 14.9. The Labute approximate surface area is 124 Å². The summed E-state index contributed by atoms with van der Waals surface area (Å²) < 4.78 is 0. The molecule has 2 aliphatic rings. The van der Waals surface area contributed by atoms with Crippen LogP contribution in [0.4, 0.5) is 0 Å². The van der Waals surface area contributed by atoms with E-state index in [9.17, 15) is 4.79 Å². The van der Waals surface area contributed by atoms with Crippen LogP contribution in [0, 0.1) is 17.3 Å². The molecule has 0 aromatic carbocycles. The van der Waals surface area contributed by atoms with Gasteiger partial charge in [-0.05, 0) is 55.9 Å². The number of hydrogen-bond donors (Lipinski definition) is 1. The molecular formula is C17H32N2O. The van der Waals surface area contributed by atoms with Gasteiger partial charge in [0.1, 0.15) is 0 Å². The molecule has 0 aromatic heterocycles. The molecule has 2 heterocycles. The number of piperidine rings is 1. The van der Waals surface area contributed by atoms with Crippen LogP contribution >= 0.6 is 0 Å². The summed E-state index contributed by atoms with van der Waals surface area (Å²) in [5, 5.41) is 3.44. The summed E-state index contributed by atoms with van der Waals surface area (Å²) in [6.07, 6.45) is 5.98. The number of carbonyl (C=O) groups excluding carboxylic acids is 1. The Morgan fingerprint density at radius 1 is 1.10 bits per heavy atom. The number of likely N-dealkylation sites (tertiary alicyclic amines) is 1. The van der Waals surface area contributed by atoms with Crippen LogP contribution in [0.1, 0.15) is 59.8 Å². The first-order valence-electron chi connectivity index (χ1n) is 8.42. The molecule has 1 N–H and O–H groups in total. The van der Waals surface area contributed by atoms with Gasteiger partial charge in [-0.1, -0.05) is 27.7 Å². The van der Waals surface area contributed by atoms with E-state index in [-0.39, 0.29) is 6.04 Å². The van der Waals surface area contributed by atoms with Gasteiger partial charge in [0.05, 0.1) is 6.04 Å². The third-order valence-corrected chi connectivity index (χ3v) is 5.30. The minimum atomic E-state index is 0.0648. The molecule has 3 unspecified atom stereocenters. The fraction of sp³-hybridized carbons (Fsp3) is 0.941. The minimum absolute atomic E-state index is 0.0648. The second kappa shape index (κ2) is 6.46. The summed E-state index contributed by atoms with van der Waals surface area (Å²) in [7, 11) is 0. The predicted molar refractivity (Wildman–Crippen MR) is 83.6 cm³/mol. The topological polar surface area (TPSA) is 32.3 Å². The highest BCUT2D eigenvalue weighted by Crippen LogP contribution is 2.34. The van der Waals surface area contributed by atoms with E-state index >= 15 is 0 Å². The molecule has 0 aliphatic carbocycles. The van der Waals surface area contributed by atoms with Crippen molar-refractivity contribution in [2.45, 2.75) is 65.8 Å². The highest BCUT2D eigenvalue weighted by atomic mass is 16.2. The van der Waals surface area contributed by atoms with Crippen molar-refractivity contribution < 1.29 is 4.79 Å². The minimum Gasteiger partial charge on any atom is -0.341 e. The Bertz CT molecular complexity index is 334. The maximum Gasteiger partial charge on any atom is 0.239 e. The first kappa shape index (κ1) is 15.8. The van der Waals surface area contributed by atoms with E-state index in [1.165, 1.54) is 19.3 Å². The zero-order valence-corrected chi connectivity index (χ0v) is 13.7. The van der Waals surface area contributed by atoms with Crippen LogP contribution in [0.15, 0.2) is 0 Å². The van der Waals surface area contributed by atoms with Crippen LogP contribution in [0.3, 0.4) is 0 Å². The van der Waals surface area contributed by atoms with Crippen molar-refractivity contribution in [3.05, 3.63) is 0 Å². The average molecular weight is 280 g/mol. The highest BCUT2D eigenvalue weighted by Gasteiger charge is 2.33. The van der Waals surface area contributed by atoms with Gasteiger partial charge in [-0.15, -0.1) is 0 Å². The van der Waals surface area contributed by atoms with E-state index in [1.807, 2.05) is 0 Å². The van der Waals surface area contributed by atoms with Crippen molar-refractivity contribution in [2.24, 2.45) is 17.3 Å². The Morgan fingerprint density at radius 3 is 2.50 bits per heavy atom. The quantitative estimate of drug-likeness (QED) is 0.800. The summed E-state index contributed by atoms with van der Waals surface area (Å²) >= 11 is 0. The molecular weight excluding hydrogens is 248 g/mol. The van der Waals surface area contributed by atoms with Gasteiger partial charge < -0.3 is 10.2 Å². The number of nitrogens with one attached hydrogen (secondary N) is 1. The fourth-order valence-electron chi connectivity index (χ4n) is 3.76. The van der Waals surface area contributed by atoms with Crippen LogP contribution in [0.25, 0.3) is 0 Å². The second-order valence-electron chi connectivity index (χ2n) is 7.87. The lowest BCUT2D eigenvalue weighted by Gasteiger charge is -2.34. The molecule has 0 aromatic rings. The molecule has 20 heavy (non-hydrogen) atoms. The smallest absolute Gasteiger partial charge is 0.239 e. The van der Waals surface area contributed by atoms with Crippen molar-refractivity contribution in [3.63, 3.8) is 0 Å². The van der Waals surface area contributed by atoms with Crippen molar-refractivity contribution in [1.82, 2.24) is 10.2 Å². The van der Waals surface area contributed by atoms with E-state index < -0.39 is 0 Å². The Hall–Kier alpha value is -0.570. The lowest BCUT2D eigenvalue weighted by molar-refractivity contribution is -0.135. The molecule has 0 radical (unpaired) electrons. The standard InChI is InChI=1S/C17H32N2O/c1-13-7-5-10-18-15(13)16(20)19-11-6-8-14(9-12-19)17(2,3)4/h13-15,18H,5-12H2,1-4H3. The number of amides is 1. The lowest BCUT2D eigenvalue weighted by Crippen LogP contribution is -2.52. The van der Waals surface area contributed by atoms with Crippen molar-refractivity contribution in [1.29, 1.82) is 0 Å². The number of nitrogens with zero attached hydrogens (tertiary/aromatic N) is 1. The second-order valence-corrected chi connectivity index (χ2v) is 7.87. The third kappa shape index (κ3) is 3.75. The maximum absolute atomic E-state index is 12.7. The summed E-state index contributed by atoms with van der Waals surface area (Å²) in [5.41, 5.74) is 0.370. The largest absolute Gasteiger partial charge is 0.341 e. The van der Waals surface area contributed by atoms with E-state index in [2.05, 4.69) is 37.9 Å². The maximum atomic E-state index is 12.7. The van der Waals surface area contributed by atoms with Gasteiger partial charge in [0.25, 0.3) is 0 Å². The van der Waals surface area contributed by atoms with Crippen molar-refractivity contribution in [3.8, 4) is 0 Å². The monoisotopic (exact) mass is 280 g/mol. The molecule has 3 nitrogen and oxygen atoms in total. The van der Waals surface area contributed by atoms with Crippen molar-refractivity contribution in [2.75, 3.05) is 19.6 Å². The summed E-state index contributed by atoms with van der Waals surface area (Å²) in [6.45, 7) is 12.1. The van der Waals surface area contributed by atoms with E-state index in [4.69, 9.17) is 0 Å². The van der Waals surface area contributed by atoms with Crippen LogP contribution in [-0.2, 0) is 4.79 Å². The molecule has 2 saturated heterocycles. The van der Waals surface area contributed by atoms with Gasteiger partial charge >= 0.3 is 0 Å². The van der Waals surface area contributed by atoms with Gasteiger partial charge in [0.15, 0.2) is 0 Å². The predicted octanol–water partition coefficient (Wildman–Crippen LogP) is 3.05. The van der Waals surface area contributed by atoms with Gasteiger partial charge in [-0.2, -0.15) is 0 Å². The Morgan fingerprint density at radius 2 is 1.85 bits per heavy atom. The lowest BCUT2D eigenvalue weighted by atomic mass is 9.77. The van der Waals surface area contributed by atoms with Gasteiger partial charge in [0.2, 0.25) is 5.91 Å². The summed E-state index contributed by atoms with van der Waals surface area (Å²) in [5.74, 6) is 1.58. The molecule has 3 heteroatoms. The zero-order chi connectivity index (χ0) is 14.8. The van der Waals surface area contributed by atoms with Gasteiger partial charge in [-0.3, -0.25) is 4.79 Å². The van der Waals surface area contributed by atoms with Crippen LogP contribution in [0.5, 0.6) is 0 Å². The van der Waals surface area contributed by atoms with E-state index in [0.717, 1.165) is 38.4 Å². The molecule has 0 saturated carbocycles. The Kier molecular flexibility index (Phi) is 5.11. The highest BCUT2D eigenvalue weighted by molar-refractivity contribution is 5.82. The molecule has 2 fully saturated rings. The van der Waals surface area contributed by atoms with Crippen LogP contribution < -0.4 is 5.32 Å². The molecule has 2 rings (SSSR count). The number of carbonyl (C=O) groups is 1. The molecule has 116 valence electrons. The summed E-state index contributed by atoms with van der Waals surface area (Å²) in [6, 6.07) is 0.0648. The van der Waals surface area contributed by atoms with Gasteiger partial charge in [0, 0.05) is 13.1 Å². The number of hydrogen-bond acceptors (Lipinski definition) is 2. The van der Waals surface area contributed by atoms with Crippen LogP contribution in [0.2, 0.25) is 0 Å². The van der Waals surface area contributed by atoms with E-state index in [1.54, 1.807) is 0 Å². The van der Waals surface area contributed by atoms with Crippen LogP contribution in [-0.4, -0.2) is 36.5 Å². The molecule has 2 aliphatic heterocycles. The first-order chi connectivity index (χ1) is 9.39. The molecule has 0 spiro atoms. The SMILES string of the molecule is CC1CCCNC1C(=O)N1CCCC(C(C)(C)C)CC1. The average Bonchev–Trinajstić information content (AvgIpc) is 2.63. The zero-order valence-electron chi connectivity index (χ0n) is 13.7. The molecule has 0 bridgehead atoms. The molecule has 3 atom stereocenters. The van der Waals surface area contributed by atoms with Crippen molar-refractivity contribution >= 4 is 5.91 Å².